The monoisotopic (exact) mass is 446 g/mol. The molecule has 0 bridgehead atoms. The van der Waals surface area contributed by atoms with Crippen molar-refractivity contribution in [3.05, 3.63) is 59.7 Å². The Labute approximate surface area is 188 Å². The minimum absolute atomic E-state index is 0.00630. The Morgan fingerprint density at radius 1 is 0.806 bits per heavy atom. The summed E-state index contributed by atoms with van der Waals surface area (Å²) >= 11 is 0. The van der Waals surface area contributed by atoms with E-state index in [2.05, 4.69) is 32.6 Å². The van der Waals surface area contributed by atoms with E-state index in [0.29, 0.717) is 24.1 Å². The molecule has 2 aromatic carbocycles. The molecule has 0 saturated heterocycles. The molecule has 0 saturated carbocycles. The summed E-state index contributed by atoms with van der Waals surface area (Å²) in [6.07, 6.45) is -0.807. The van der Waals surface area contributed by atoms with Gasteiger partial charge in [-0.1, -0.05) is 57.5 Å². The molecule has 0 fully saturated rings. The summed E-state index contributed by atoms with van der Waals surface area (Å²) in [5, 5.41) is 11.0. The molecule has 0 aliphatic rings. The van der Waals surface area contributed by atoms with Crippen molar-refractivity contribution in [2.75, 3.05) is 30.5 Å². The van der Waals surface area contributed by atoms with Crippen LogP contribution in [0.15, 0.2) is 53.4 Å². The third kappa shape index (κ3) is 7.63. The lowest BCUT2D eigenvalue weighted by molar-refractivity contribution is 0.104. The molecule has 1 N–H and O–H groups in total. The van der Waals surface area contributed by atoms with E-state index in [4.69, 9.17) is 0 Å². The molecule has 172 valence electrons. The zero-order chi connectivity index (χ0) is 23.2. The number of sulfonamides is 1. The number of aliphatic hydroxyl groups is 1. The van der Waals surface area contributed by atoms with Crippen LogP contribution in [-0.2, 0) is 10.0 Å². The van der Waals surface area contributed by atoms with Gasteiger partial charge in [-0.3, -0.25) is 4.31 Å². The maximum Gasteiger partial charge on any atom is 0.264 e. The molecule has 0 aromatic heterocycles. The first-order valence-electron chi connectivity index (χ1n) is 11.1. The van der Waals surface area contributed by atoms with Gasteiger partial charge in [0.2, 0.25) is 0 Å². The number of nitrogens with zero attached hydrogens (tertiary/aromatic N) is 2. The molecule has 31 heavy (non-hydrogen) atoms. The maximum absolute atomic E-state index is 13.5. The topological polar surface area (TPSA) is 60.9 Å². The second kappa shape index (κ2) is 11.1. The van der Waals surface area contributed by atoms with Crippen molar-refractivity contribution < 1.29 is 13.5 Å². The summed E-state index contributed by atoms with van der Waals surface area (Å²) in [4.78, 5) is 2.46. The van der Waals surface area contributed by atoms with Gasteiger partial charge in [-0.25, -0.2) is 8.42 Å². The molecule has 5 nitrogen and oxygen atoms in total. The van der Waals surface area contributed by atoms with E-state index in [9.17, 15) is 13.5 Å². The molecule has 0 radical (unpaired) electrons. The highest BCUT2D eigenvalue weighted by Gasteiger charge is 2.28. The number of hydrogen-bond acceptors (Lipinski definition) is 4. The predicted octanol–water partition coefficient (Wildman–Crippen LogP) is 4.47. The molecule has 0 amide bonds. The summed E-state index contributed by atoms with van der Waals surface area (Å²) in [6, 6.07) is 14.3. The lowest BCUT2D eigenvalue weighted by Gasteiger charge is -2.31. The Balaban J connectivity index is 2.33. The first-order valence-corrected chi connectivity index (χ1v) is 12.5. The third-order valence-corrected chi connectivity index (χ3v) is 6.80. The van der Waals surface area contributed by atoms with Gasteiger partial charge in [-0.2, -0.15) is 0 Å². The van der Waals surface area contributed by atoms with Crippen LogP contribution in [0.2, 0.25) is 0 Å². The van der Waals surface area contributed by atoms with E-state index in [1.54, 1.807) is 30.3 Å². The minimum atomic E-state index is -3.81. The summed E-state index contributed by atoms with van der Waals surface area (Å²) in [5.41, 5.74) is 2.54. The van der Waals surface area contributed by atoms with Gasteiger partial charge in [0.25, 0.3) is 10.0 Å². The van der Waals surface area contributed by atoms with E-state index in [-0.39, 0.29) is 11.4 Å². The molecule has 0 heterocycles. The normalized spacial score (nSPS) is 13.2. The molecule has 2 rings (SSSR count). The van der Waals surface area contributed by atoms with Crippen LogP contribution < -0.4 is 4.31 Å². The highest BCUT2D eigenvalue weighted by molar-refractivity contribution is 7.92. The van der Waals surface area contributed by atoms with Gasteiger partial charge in [0.05, 0.1) is 23.2 Å². The summed E-state index contributed by atoms with van der Waals surface area (Å²) < 4.78 is 28.4. The minimum Gasteiger partial charge on any atom is -0.390 e. The average Bonchev–Trinajstić information content (AvgIpc) is 2.65. The fraction of sp³-hybridized carbons (Fsp3) is 0.520. The van der Waals surface area contributed by atoms with Crippen molar-refractivity contribution in [2.24, 2.45) is 11.8 Å². The maximum atomic E-state index is 13.5. The third-order valence-electron chi connectivity index (χ3n) is 4.99. The van der Waals surface area contributed by atoms with Crippen LogP contribution in [0.3, 0.4) is 0 Å². The summed E-state index contributed by atoms with van der Waals surface area (Å²) in [6.45, 7) is 14.6. The summed E-state index contributed by atoms with van der Waals surface area (Å²) in [7, 11) is -3.81. The molecule has 6 heteroatoms. The van der Waals surface area contributed by atoms with Gasteiger partial charge in [-0.15, -0.1) is 0 Å². The summed E-state index contributed by atoms with van der Waals surface area (Å²) in [5.74, 6) is 0.935. The number of anilines is 1. The molecular formula is C25H38N2O3S. The quantitative estimate of drug-likeness (QED) is 0.553. The van der Waals surface area contributed by atoms with Crippen LogP contribution in [0, 0.1) is 25.7 Å². The number of benzene rings is 2. The molecule has 2 aromatic rings. The zero-order valence-electron chi connectivity index (χ0n) is 19.7. The Kier molecular flexibility index (Phi) is 9.10. The fourth-order valence-corrected chi connectivity index (χ4v) is 5.26. The van der Waals surface area contributed by atoms with Gasteiger partial charge in [-0.05, 0) is 55.5 Å². The van der Waals surface area contributed by atoms with Crippen molar-refractivity contribution in [3.8, 4) is 0 Å². The molecule has 0 spiro atoms. The number of hydrogen-bond donors (Lipinski definition) is 1. The predicted molar refractivity (Wildman–Crippen MR) is 129 cm³/mol. The van der Waals surface area contributed by atoms with Gasteiger partial charge in [0, 0.05) is 19.6 Å². The first-order chi connectivity index (χ1) is 14.5. The lowest BCUT2D eigenvalue weighted by atomic mass is 10.1. The van der Waals surface area contributed by atoms with Crippen LogP contribution in [0.4, 0.5) is 5.69 Å². The van der Waals surface area contributed by atoms with E-state index in [1.807, 2.05) is 32.0 Å². The molecule has 1 atom stereocenters. The molecule has 0 aliphatic heterocycles. The Bertz CT molecular complexity index is 914. The molecule has 0 unspecified atom stereocenters. The van der Waals surface area contributed by atoms with Gasteiger partial charge in [0.1, 0.15) is 0 Å². The van der Waals surface area contributed by atoms with Crippen LogP contribution in [0.25, 0.3) is 0 Å². The Morgan fingerprint density at radius 3 is 1.90 bits per heavy atom. The van der Waals surface area contributed by atoms with Crippen molar-refractivity contribution in [1.82, 2.24) is 4.90 Å². The standard InChI is InChI=1S/C25H38N2O3S/c1-19(2)15-26(16-20(3)4)17-24(28)18-27(23-9-7-8-22(6)14-23)31(29,30)25-12-10-21(5)11-13-25/h7-14,19-20,24,28H,15-18H2,1-6H3/t24-/m0/s1. The second-order valence-corrected chi connectivity index (χ2v) is 11.2. The smallest absolute Gasteiger partial charge is 0.264 e. The van der Waals surface area contributed by atoms with Crippen molar-refractivity contribution in [2.45, 2.75) is 52.5 Å². The second-order valence-electron chi connectivity index (χ2n) is 9.35. The van der Waals surface area contributed by atoms with Crippen LogP contribution in [0.5, 0.6) is 0 Å². The van der Waals surface area contributed by atoms with E-state index in [0.717, 1.165) is 24.2 Å². The molecular weight excluding hydrogens is 408 g/mol. The molecule has 0 aliphatic carbocycles. The first kappa shape index (κ1) is 25.4. The van der Waals surface area contributed by atoms with Crippen molar-refractivity contribution in [1.29, 1.82) is 0 Å². The van der Waals surface area contributed by atoms with Gasteiger partial charge < -0.3 is 10.0 Å². The zero-order valence-corrected chi connectivity index (χ0v) is 20.6. The average molecular weight is 447 g/mol. The van der Waals surface area contributed by atoms with Crippen LogP contribution in [0.1, 0.15) is 38.8 Å². The highest BCUT2D eigenvalue weighted by Crippen LogP contribution is 2.25. The van der Waals surface area contributed by atoms with Gasteiger partial charge >= 0.3 is 0 Å². The van der Waals surface area contributed by atoms with E-state index < -0.39 is 16.1 Å². The largest absolute Gasteiger partial charge is 0.390 e. The van der Waals surface area contributed by atoms with Crippen molar-refractivity contribution >= 4 is 15.7 Å². The van der Waals surface area contributed by atoms with E-state index in [1.165, 1.54) is 4.31 Å². The van der Waals surface area contributed by atoms with Crippen LogP contribution >= 0.6 is 0 Å². The van der Waals surface area contributed by atoms with Crippen molar-refractivity contribution in [3.63, 3.8) is 0 Å². The number of rotatable bonds is 11. The highest BCUT2D eigenvalue weighted by atomic mass is 32.2. The Hall–Kier alpha value is -1.89. The number of aryl methyl sites for hydroxylation is 2. The fourth-order valence-electron chi connectivity index (χ4n) is 3.77. The van der Waals surface area contributed by atoms with E-state index >= 15 is 0 Å². The van der Waals surface area contributed by atoms with Crippen LogP contribution in [-0.4, -0.2) is 50.7 Å². The Morgan fingerprint density at radius 2 is 1.39 bits per heavy atom. The number of aliphatic hydroxyl groups excluding tert-OH is 1. The van der Waals surface area contributed by atoms with Gasteiger partial charge in [0.15, 0.2) is 0 Å². The lowest BCUT2D eigenvalue weighted by Crippen LogP contribution is -2.44. The SMILES string of the molecule is Cc1ccc(S(=O)(=O)N(C[C@@H](O)CN(CC(C)C)CC(C)C)c2cccc(C)c2)cc1.